The van der Waals surface area contributed by atoms with Crippen molar-refractivity contribution in [3.8, 4) is 0 Å². The fourth-order valence-corrected chi connectivity index (χ4v) is 1.96. The van der Waals surface area contributed by atoms with Crippen LogP contribution in [0.5, 0.6) is 0 Å². The van der Waals surface area contributed by atoms with Crippen LogP contribution in [-0.4, -0.2) is 17.9 Å². The predicted molar refractivity (Wildman–Crippen MR) is 88.9 cm³/mol. The minimum absolute atomic E-state index is 0.188. The maximum absolute atomic E-state index is 13.1. The Labute approximate surface area is 142 Å². The highest BCUT2D eigenvalue weighted by Gasteiger charge is 2.34. The molecular formula is C18H15F3N2O2. The molecular weight excluding hydrogens is 333 g/mol. The summed E-state index contributed by atoms with van der Waals surface area (Å²) in [6.45, 7) is 0. The molecule has 0 radical (unpaired) electrons. The van der Waals surface area contributed by atoms with Gasteiger partial charge in [-0.2, -0.15) is 13.2 Å². The molecule has 0 saturated carbocycles. The van der Waals surface area contributed by atoms with Crippen molar-refractivity contribution >= 4 is 23.1 Å². The lowest BCUT2D eigenvalue weighted by atomic mass is 10.2. The number of carbonyl (C=O) groups is 2. The molecule has 2 N–H and O–H groups in total. The van der Waals surface area contributed by atoms with Gasteiger partial charge in [-0.25, -0.2) is 0 Å². The molecule has 0 heterocycles. The molecule has 2 aromatic carbocycles. The number of hydrogen-bond acceptors (Lipinski definition) is 3. The molecule has 0 aromatic heterocycles. The van der Waals surface area contributed by atoms with E-state index < -0.39 is 30.0 Å². The van der Waals surface area contributed by atoms with Crippen LogP contribution in [0.2, 0.25) is 0 Å². The normalized spacial score (nSPS) is 11.7. The van der Waals surface area contributed by atoms with Crippen LogP contribution in [0, 0.1) is 0 Å². The zero-order valence-corrected chi connectivity index (χ0v) is 13.0. The summed E-state index contributed by atoms with van der Waals surface area (Å²) < 4.78 is 39.2. The number of hydrogen-bond donors (Lipinski definition) is 2. The summed E-state index contributed by atoms with van der Waals surface area (Å²) in [5.74, 6) is -1.64. The van der Waals surface area contributed by atoms with Gasteiger partial charge in [0.15, 0.2) is 5.78 Å². The Balaban J connectivity index is 2.05. The summed E-state index contributed by atoms with van der Waals surface area (Å²) in [6.07, 6.45) is -5.04. The number of allylic oxidation sites excluding steroid dienone is 2. The third-order valence-electron chi connectivity index (χ3n) is 3.06. The van der Waals surface area contributed by atoms with Gasteiger partial charge < -0.3 is 10.6 Å². The first-order valence-electron chi connectivity index (χ1n) is 7.33. The van der Waals surface area contributed by atoms with E-state index in [1.807, 2.05) is 0 Å². The number of para-hydroxylation sites is 2. The van der Waals surface area contributed by atoms with Crippen LogP contribution in [0.15, 0.2) is 72.4 Å². The predicted octanol–water partition coefficient (Wildman–Crippen LogP) is 4.14. The Morgan fingerprint density at radius 3 is 1.80 bits per heavy atom. The van der Waals surface area contributed by atoms with Crippen LogP contribution in [0.3, 0.4) is 0 Å². The van der Waals surface area contributed by atoms with Crippen LogP contribution >= 0.6 is 0 Å². The summed E-state index contributed by atoms with van der Waals surface area (Å²) in [6, 6.07) is 16.0. The topological polar surface area (TPSA) is 58.2 Å². The summed E-state index contributed by atoms with van der Waals surface area (Å²) in [7, 11) is 0. The summed E-state index contributed by atoms with van der Waals surface area (Å²) >= 11 is 0. The molecule has 0 atom stereocenters. The van der Waals surface area contributed by atoms with E-state index in [4.69, 9.17) is 0 Å². The SMILES string of the molecule is O=C(/C=C(/Nc1ccccc1)C(F)(F)F)CC(=O)Nc1ccccc1. The second kappa shape index (κ2) is 8.14. The van der Waals surface area contributed by atoms with E-state index in [-0.39, 0.29) is 5.69 Å². The average Bonchev–Trinajstić information content (AvgIpc) is 2.55. The zero-order chi connectivity index (χ0) is 18.3. The van der Waals surface area contributed by atoms with Gasteiger partial charge in [0, 0.05) is 17.5 Å². The van der Waals surface area contributed by atoms with E-state index in [9.17, 15) is 22.8 Å². The zero-order valence-electron chi connectivity index (χ0n) is 13.0. The van der Waals surface area contributed by atoms with Crippen molar-refractivity contribution in [1.29, 1.82) is 0 Å². The number of carbonyl (C=O) groups excluding carboxylic acids is 2. The highest BCUT2D eigenvalue weighted by Crippen LogP contribution is 2.27. The first-order valence-corrected chi connectivity index (χ1v) is 7.33. The fourth-order valence-electron chi connectivity index (χ4n) is 1.96. The lowest BCUT2D eigenvalue weighted by Gasteiger charge is -2.14. The Hall–Kier alpha value is -3.09. The largest absolute Gasteiger partial charge is 0.431 e. The molecule has 25 heavy (non-hydrogen) atoms. The van der Waals surface area contributed by atoms with Gasteiger partial charge >= 0.3 is 6.18 Å². The highest BCUT2D eigenvalue weighted by atomic mass is 19.4. The van der Waals surface area contributed by atoms with Gasteiger partial charge in [0.1, 0.15) is 5.70 Å². The highest BCUT2D eigenvalue weighted by molar-refractivity contribution is 6.08. The van der Waals surface area contributed by atoms with Crippen LogP contribution in [0.1, 0.15) is 6.42 Å². The van der Waals surface area contributed by atoms with Crippen molar-refractivity contribution in [2.75, 3.05) is 10.6 Å². The molecule has 130 valence electrons. The third kappa shape index (κ3) is 6.14. The maximum Gasteiger partial charge on any atom is 0.431 e. The number of anilines is 2. The molecule has 0 aliphatic heterocycles. The molecule has 0 spiro atoms. The number of benzene rings is 2. The van der Waals surface area contributed by atoms with Gasteiger partial charge in [0.25, 0.3) is 0 Å². The van der Waals surface area contributed by atoms with Crippen LogP contribution in [0.4, 0.5) is 24.5 Å². The Morgan fingerprint density at radius 2 is 1.32 bits per heavy atom. The second-order valence-corrected chi connectivity index (χ2v) is 5.10. The molecule has 0 fully saturated rings. The minimum Gasteiger partial charge on any atom is -0.351 e. The minimum atomic E-state index is -4.75. The number of alkyl halides is 3. The third-order valence-corrected chi connectivity index (χ3v) is 3.06. The summed E-state index contributed by atoms with van der Waals surface area (Å²) in [4.78, 5) is 23.6. The van der Waals surface area contributed by atoms with Crippen LogP contribution in [-0.2, 0) is 9.59 Å². The van der Waals surface area contributed by atoms with Gasteiger partial charge in [-0.1, -0.05) is 36.4 Å². The number of rotatable bonds is 6. The van der Waals surface area contributed by atoms with Crippen molar-refractivity contribution in [3.05, 3.63) is 72.4 Å². The smallest absolute Gasteiger partial charge is 0.351 e. The summed E-state index contributed by atoms with van der Waals surface area (Å²) in [5.41, 5.74) is -0.577. The van der Waals surface area contributed by atoms with Crippen LogP contribution < -0.4 is 10.6 Å². The lowest BCUT2D eigenvalue weighted by Crippen LogP contribution is -2.22. The van der Waals surface area contributed by atoms with E-state index in [1.54, 1.807) is 48.5 Å². The summed E-state index contributed by atoms with van der Waals surface area (Å²) in [5, 5.41) is 4.60. The number of nitrogens with one attached hydrogen (secondary N) is 2. The van der Waals surface area contributed by atoms with E-state index in [0.717, 1.165) is 0 Å². The van der Waals surface area contributed by atoms with Gasteiger partial charge in [-0.05, 0) is 24.3 Å². The molecule has 2 aromatic rings. The number of halogens is 3. The van der Waals surface area contributed by atoms with Gasteiger partial charge in [-0.15, -0.1) is 0 Å². The molecule has 0 saturated heterocycles. The quantitative estimate of drug-likeness (QED) is 0.609. The number of ketones is 1. The lowest BCUT2D eigenvalue weighted by molar-refractivity contribution is -0.123. The molecule has 0 bridgehead atoms. The van der Waals surface area contributed by atoms with E-state index >= 15 is 0 Å². The van der Waals surface area contributed by atoms with Gasteiger partial charge in [-0.3, -0.25) is 9.59 Å². The first-order chi connectivity index (χ1) is 11.8. The second-order valence-electron chi connectivity index (χ2n) is 5.10. The van der Waals surface area contributed by atoms with Crippen molar-refractivity contribution < 1.29 is 22.8 Å². The molecule has 1 amide bonds. The molecule has 0 unspecified atom stereocenters. The van der Waals surface area contributed by atoms with Crippen molar-refractivity contribution in [2.45, 2.75) is 12.6 Å². The monoisotopic (exact) mass is 348 g/mol. The van der Waals surface area contributed by atoms with Crippen LogP contribution in [0.25, 0.3) is 0 Å². The van der Waals surface area contributed by atoms with E-state index in [2.05, 4.69) is 10.6 Å². The van der Waals surface area contributed by atoms with Crippen molar-refractivity contribution in [3.63, 3.8) is 0 Å². The van der Waals surface area contributed by atoms with Crippen molar-refractivity contribution in [2.24, 2.45) is 0 Å². The van der Waals surface area contributed by atoms with E-state index in [1.165, 1.54) is 12.1 Å². The number of amides is 1. The molecule has 2 rings (SSSR count). The first kappa shape index (κ1) is 18.3. The standard InChI is InChI=1S/C18H15F3N2O2/c19-18(20,21)16(22-13-7-3-1-4-8-13)11-15(24)12-17(25)23-14-9-5-2-6-10-14/h1-11,22H,12H2,(H,23,25)/b16-11+. The Kier molecular flexibility index (Phi) is 5.94. The molecule has 7 heteroatoms. The Morgan fingerprint density at radius 1 is 0.840 bits per heavy atom. The molecule has 0 aliphatic rings. The molecule has 4 nitrogen and oxygen atoms in total. The average molecular weight is 348 g/mol. The maximum atomic E-state index is 13.1. The Bertz CT molecular complexity index is 757. The van der Waals surface area contributed by atoms with Gasteiger partial charge in [0.2, 0.25) is 5.91 Å². The molecule has 0 aliphatic carbocycles. The van der Waals surface area contributed by atoms with Crippen molar-refractivity contribution in [1.82, 2.24) is 0 Å². The van der Waals surface area contributed by atoms with E-state index in [0.29, 0.717) is 11.8 Å². The fraction of sp³-hybridized carbons (Fsp3) is 0.111. The van der Waals surface area contributed by atoms with Gasteiger partial charge in [0.05, 0.1) is 6.42 Å².